The molecule has 0 amide bonds. The molecular formula is C87H46BF6N7S2. The number of hydrogen-bond donors (Lipinski definition) is 0. The summed E-state index contributed by atoms with van der Waals surface area (Å²) in [5.41, 5.74) is 9.51. The molecule has 14 aromatic carbocycles. The average Bonchev–Trinajstić information content (AvgIpc) is 1.55. The van der Waals surface area contributed by atoms with Gasteiger partial charge in [-0.3, -0.25) is 0 Å². The summed E-state index contributed by atoms with van der Waals surface area (Å²) in [6, 6.07) is 89.0. The molecule has 486 valence electrons. The van der Waals surface area contributed by atoms with Gasteiger partial charge in [0.05, 0.1) is 44.1 Å². The summed E-state index contributed by atoms with van der Waals surface area (Å²) in [6.45, 7) is -2.16. The quantitative estimate of drug-likeness (QED) is 0.107. The van der Waals surface area contributed by atoms with Crippen molar-refractivity contribution >= 4 is 174 Å². The maximum Gasteiger partial charge on any atom is 0.303 e. The van der Waals surface area contributed by atoms with Gasteiger partial charge in [-0.2, -0.15) is 0 Å². The first-order valence-corrected chi connectivity index (χ1v) is 35.2. The number of rotatable bonds is 9. The predicted molar refractivity (Wildman–Crippen MR) is 411 cm³/mol. The van der Waals surface area contributed by atoms with E-state index in [1.165, 1.54) is 40.3 Å². The van der Waals surface area contributed by atoms with Gasteiger partial charge in [-0.05, 0) is 121 Å². The van der Waals surface area contributed by atoms with Crippen LogP contribution in [0.4, 0.5) is 26.3 Å². The number of benzene rings is 14. The molecule has 0 aliphatic carbocycles. The van der Waals surface area contributed by atoms with E-state index in [1.54, 1.807) is 34.8 Å². The summed E-state index contributed by atoms with van der Waals surface area (Å²) in [4.78, 5) is 15.1. The van der Waals surface area contributed by atoms with Crippen LogP contribution in [0.5, 0.6) is 0 Å². The highest BCUT2D eigenvalue weighted by atomic mass is 32.1. The van der Waals surface area contributed by atoms with E-state index in [9.17, 15) is 0 Å². The number of aromatic nitrogens is 7. The molecular weight excluding hydrogens is 1330 g/mol. The molecule has 21 rings (SSSR count). The van der Waals surface area contributed by atoms with Gasteiger partial charge in [-0.25, -0.2) is 41.3 Å². The minimum atomic E-state index is -2.16. The molecule has 0 N–H and O–H groups in total. The molecule has 7 nitrogen and oxygen atoms in total. The standard InChI is InChI=1S/C87H46BF6N7S2/c89-49-41-63(91)83(64(92)42-49)88(84-65(93)43-50(90)44-66(84)94)87-96-85(47-15-13-17-51(39-47)98-67-25-7-1-21-57(67)79-71(98)33-35-73-81(79)59-23-3-9-27-69(59)100(73)53-31-37-77-61(45-53)55-19-5-11-29-75(55)102-77)95-86(97-87)48-16-14-18-52(40-48)99-68-26-8-2-22-58(68)80-72(99)34-36-74-82(80)60-24-4-10-28-70(60)101(74)54-32-38-78-62(46-54)56-20-6-12-30-76(56)103-78/h1-46H. The normalized spacial score (nSPS) is 12.2. The van der Waals surface area contributed by atoms with Crippen molar-refractivity contribution in [1.82, 2.24) is 33.2 Å². The van der Waals surface area contributed by atoms with Crippen molar-refractivity contribution < 1.29 is 26.3 Å². The second-order valence-electron chi connectivity index (χ2n) is 26.1. The second-order valence-corrected chi connectivity index (χ2v) is 28.3. The monoisotopic (exact) mass is 1380 g/mol. The Morgan fingerprint density at radius 2 is 0.563 bits per heavy atom. The van der Waals surface area contributed by atoms with Crippen molar-refractivity contribution in [1.29, 1.82) is 0 Å². The van der Waals surface area contributed by atoms with Crippen molar-refractivity contribution in [3.63, 3.8) is 0 Å². The van der Waals surface area contributed by atoms with Gasteiger partial charge in [0.2, 0.25) is 0 Å². The topological polar surface area (TPSA) is 58.4 Å². The molecule has 103 heavy (non-hydrogen) atoms. The Labute approximate surface area is 589 Å². The van der Waals surface area contributed by atoms with E-state index >= 15 is 26.3 Å². The number of nitrogens with zero attached hydrogens (tertiary/aromatic N) is 7. The Balaban J connectivity index is 0.763. The van der Waals surface area contributed by atoms with Gasteiger partial charge >= 0.3 is 6.71 Å². The lowest BCUT2D eigenvalue weighted by Crippen LogP contribution is -2.59. The van der Waals surface area contributed by atoms with E-state index < -0.39 is 58.3 Å². The maximum atomic E-state index is 16.7. The number of para-hydroxylation sites is 4. The van der Waals surface area contributed by atoms with Crippen LogP contribution in [0.2, 0.25) is 0 Å². The Bertz CT molecular complexity index is 6790. The fraction of sp³-hybridized carbons (Fsp3) is 0. The zero-order chi connectivity index (χ0) is 68.6. The van der Waals surface area contributed by atoms with Crippen LogP contribution in [0.1, 0.15) is 0 Å². The maximum absolute atomic E-state index is 16.7. The molecule has 16 heteroatoms. The first kappa shape index (κ1) is 59.3. The zero-order valence-electron chi connectivity index (χ0n) is 53.9. The van der Waals surface area contributed by atoms with Crippen molar-refractivity contribution in [2.45, 2.75) is 0 Å². The van der Waals surface area contributed by atoms with Gasteiger partial charge in [0.15, 0.2) is 11.6 Å². The van der Waals surface area contributed by atoms with E-state index in [0.717, 1.165) is 98.6 Å². The summed E-state index contributed by atoms with van der Waals surface area (Å²) in [7, 11) is 0. The lowest BCUT2D eigenvalue weighted by atomic mass is 9.39. The molecule has 0 saturated carbocycles. The van der Waals surface area contributed by atoms with E-state index in [1.807, 2.05) is 60.7 Å². The fourth-order valence-corrected chi connectivity index (χ4v) is 18.4. The van der Waals surface area contributed by atoms with Gasteiger partial charge in [0.25, 0.3) is 0 Å². The van der Waals surface area contributed by atoms with Crippen LogP contribution in [0, 0.1) is 34.9 Å². The van der Waals surface area contributed by atoms with E-state index in [4.69, 9.17) is 15.0 Å². The molecule has 7 heterocycles. The first-order valence-electron chi connectivity index (χ1n) is 33.6. The van der Waals surface area contributed by atoms with Gasteiger partial charge in [-0.1, -0.05) is 133 Å². The van der Waals surface area contributed by atoms with Gasteiger partial charge < -0.3 is 18.3 Å². The highest BCUT2D eigenvalue weighted by Gasteiger charge is 2.38. The molecule has 0 spiro atoms. The predicted octanol–water partition coefficient (Wildman–Crippen LogP) is 21.7. The van der Waals surface area contributed by atoms with Crippen molar-refractivity contribution in [2.75, 3.05) is 0 Å². The lowest BCUT2D eigenvalue weighted by molar-refractivity contribution is 0.550. The summed E-state index contributed by atoms with van der Waals surface area (Å²) in [5.74, 6) is -8.51. The minimum absolute atomic E-state index is 0.0355. The van der Waals surface area contributed by atoms with Crippen LogP contribution in [-0.2, 0) is 0 Å². The van der Waals surface area contributed by atoms with Gasteiger partial charge in [0, 0.05) is 153 Å². The van der Waals surface area contributed by atoms with Crippen LogP contribution in [-0.4, -0.2) is 39.9 Å². The Hall–Kier alpha value is -12.6. The van der Waals surface area contributed by atoms with Crippen molar-refractivity contribution in [3.05, 3.63) is 314 Å². The number of halogens is 6. The van der Waals surface area contributed by atoms with Crippen molar-refractivity contribution in [3.8, 4) is 45.5 Å². The minimum Gasteiger partial charge on any atom is -0.309 e. The molecule has 0 aliphatic heterocycles. The number of thiophene rings is 2. The molecule has 0 atom stereocenters. The summed E-state index contributed by atoms with van der Waals surface area (Å²) in [6.07, 6.45) is 0. The molecule has 0 aliphatic rings. The molecule has 0 saturated heterocycles. The average molecular weight is 1380 g/mol. The van der Waals surface area contributed by atoms with Gasteiger partial charge in [-0.15, -0.1) is 22.7 Å². The smallest absolute Gasteiger partial charge is 0.303 e. The highest BCUT2D eigenvalue weighted by Crippen LogP contribution is 2.47. The Kier molecular flexibility index (Phi) is 12.9. The van der Waals surface area contributed by atoms with E-state index in [2.05, 4.69) is 200 Å². The fourth-order valence-electron chi connectivity index (χ4n) is 16.3. The van der Waals surface area contributed by atoms with Gasteiger partial charge in [0.1, 0.15) is 40.6 Å². The summed E-state index contributed by atoms with van der Waals surface area (Å²) >= 11 is 3.56. The van der Waals surface area contributed by atoms with Crippen LogP contribution < -0.4 is 16.6 Å². The van der Waals surface area contributed by atoms with Crippen LogP contribution in [0.25, 0.3) is 173 Å². The molecule has 0 radical (unpaired) electrons. The molecule has 0 bridgehead atoms. The Morgan fingerprint density at radius 3 is 0.922 bits per heavy atom. The van der Waals surface area contributed by atoms with Crippen LogP contribution in [0.15, 0.2) is 279 Å². The molecule has 7 aromatic heterocycles. The molecule has 0 unspecified atom stereocenters. The largest absolute Gasteiger partial charge is 0.309 e. The lowest BCUT2D eigenvalue weighted by Gasteiger charge is -2.19. The summed E-state index contributed by atoms with van der Waals surface area (Å²) < 4.78 is 111. The molecule has 21 aromatic rings. The van der Waals surface area contributed by atoms with Crippen LogP contribution in [0.3, 0.4) is 0 Å². The number of hydrogen-bond acceptors (Lipinski definition) is 5. The van der Waals surface area contributed by atoms with E-state index in [-0.39, 0.29) is 11.6 Å². The third-order valence-electron chi connectivity index (χ3n) is 20.5. The summed E-state index contributed by atoms with van der Waals surface area (Å²) in [5, 5.41) is 13.1. The molecule has 0 fully saturated rings. The second kappa shape index (κ2) is 22.4. The van der Waals surface area contributed by atoms with Crippen LogP contribution >= 0.6 is 22.7 Å². The number of fused-ring (bicyclic) bond motifs is 20. The zero-order valence-corrected chi connectivity index (χ0v) is 55.5. The highest BCUT2D eigenvalue weighted by molar-refractivity contribution is 7.26. The first-order chi connectivity index (χ1) is 50.5. The van der Waals surface area contributed by atoms with Crippen molar-refractivity contribution in [2.24, 2.45) is 0 Å². The SMILES string of the molecule is Fc1cc(F)c(B(c2nc(-c3cccc(-n4c5ccccc5c5c6c7ccccc7n(-c7ccc8sc9ccccc9c8c7)c6ccc54)c3)nc(-c3cccc(-n4c5ccccc5c5c6c7ccccc7n(-c7ccc8sc9ccccc9c8c7)c6ccc54)c3)n2)c2c(F)cc(F)cc2F)c(F)c1. The Morgan fingerprint density at radius 1 is 0.252 bits per heavy atom. The third-order valence-corrected chi connectivity index (χ3v) is 22.8. The third kappa shape index (κ3) is 8.87. The van der Waals surface area contributed by atoms with E-state index in [0.29, 0.717) is 46.8 Å².